The standard InChI is InChI=1S/C18H23NO4/c1-4-22-16(20)18(17(21)23-5-2)14(3)11-12-19(18)13-15-9-7-6-8-10-15/h6-10H,3-5,11-13H2,1-2H3. The number of hydrogen-bond donors (Lipinski definition) is 0. The van der Waals surface area contributed by atoms with Crippen LogP contribution >= 0.6 is 0 Å². The summed E-state index contributed by atoms with van der Waals surface area (Å²) < 4.78 is 10.4. The topological polar surface area (TPSA) is 55.8 Å². The van der Waals surface area contributed by atoms with E-state index >= 15 is 0 Å². The highest BCUT2D eigenvalue weighted by molar-refractivity contribution is 6.09. The van der Waals surface area contributed by atoms with Crippen LogP contribution in [0.3, 0.4) is 0 Å². The molecular weight excluding hydrogens is 294 g/mol. The molecule has 1 aromatic rings. The number of nitrogens with zero attached hydrogens (tertiary/aromatic N) is 1. The van der Waals surface area contributed by atoms with E-state index in [0.717, 1.165) is 5.56 Å². The predicted molar refractivity (Wildman–Crippen MR) is 86.6 cm³/mol. The molecule has 0 aromatic heterocycles. The van der Waals surface area contributed by atoms with Gasteiger partial charge in [0.15, 0.2) is 0 Å². The van der Waals surface area contributed by atoms with E-state index in [1.165, 1.54) is 0 Å². The van der Waals surface area contributed by atoms with Gasteiger partial charge in [-0.25, -0.2) is 9.59 Å². The lowest BCUT2D eigenvalue weighted by Crippen LogP contribution is -2.58. The van der Waals surface area contributed by atoms with Crippen LogP contribution < -0.4 is 0 Å². The van der Waals surface area contributed by atoms with Crippen molar-refractivity contribution < 1.29 is 19.1 Å². The van der Waals surface area contributed by atoms with Crippen molar-refractivity contribution in [2.24, 2.45) is 0 Å². The van der Waals surface area contributed by atoms with E-state index in [0.29, 0.717) is 25.1 Å². The van der Waals surface area contributed by atoms with Crippen LogP contribution in [0, 0.1) is 0 Å². The Hall–Kier alpha value is -2.14. The third-order valence-electron chi connectivity index (χ3n) is 4.03. The molecule has 0 atom stereocenters. The molecule has 1 fully saturated rings. The zero-order chi connectivity index (χ0) is 16.9. The van der Waals surface area contributed by atoms with E-state index < -0.39 is 17.5 Å². The van der Waals surface area contributed by atoms with Crippen LogP contribution in [-0.2, 0) is 25.6 Å². The Morgan fingerprint density at radius 1 is 1.13 bits per heavy atom. The quantitative estimate of drug-likeness (QED) is 0.458. The van der Waals surface area contributed by atoms with Gasteiger partial charge < -0.3 is 9.47 Å². The van der Waals surface area contributed by atoms with Crippen molar-refractivity contribution in [3.05, 3.63) is 48.0 Å². The highest BCUT2D eigenvalue weighted by Crippen LogP contribution is 2.37. The van der Waals surface area contributed by atoms with Crippen LogP contribution in [0.5, 0.6) is 0 Å². The van der Waals surface area contributed by atoms with Crippen LogP contribution in [0.25, 0.3) is 0 Å². The van der Waals surface area contributed by atoms with Gasteiger partial charge in [-0.2, -0.15) is 0 Å². The number of rotatable bonds is 6. The number of esters is 2. The normalized spacial score (nSPS) is 17.0. The molecule has 2 rings (SSSR count). The van der Waals surface area contributed by atoms with Crippen LogP contribution in [0.15, 0.2) is 42.5 Å². The van der Waals surface area contributed by atoms with E-state index in [4.69, 9.17) is 9.47 Å². The number of benzene rings is 1. The summed E-state index contributed by atoms with van der Waals surface area (Å²) >= 11 is 0. The maximum atomic E-state index is 12.7. The van der Waals surface area contributed by atoms with Gasteiger partial charge in [-0.3, -0.25) is 4.90 Å². The van der Waals surface area contributed by atoms with Gasteiger partial charge in [-0.15, -0.1) is 0 Å². The smallest absolute Gasteiger partial charge is 0.342 e. The molecule has 1 aliphatic heterocycles. The summed E-state index contributed by atoms with van der Waals surface area (Å²) in [6.07, 6.45) is 0.560. The minimum atomic E-state index is -1.54. The van der Waals surface area contributed by atoms with Gasteiger partial charge in [0.25, 0.3) is 0 Å². The Bertz CT molecular complexity index is 564. The second-order valence-corrected chi connectivity index (χ2v) is 5.41. The van der Waals surface area contributed by atoms with E-state index in [1.807, 2.05) is 30.3 Å². The molecule has 0 N–H and O–H groups in total. The third kappa shape index (κ3) is 3.15. The van der Waals surface area contributed by atoms with Crippen LogP contribution in [-0.4, -0.2) is 42.1 Å². The summed E-state index contributed by atoms with van der Waals surface area (Å²) in [5.41, 5.74) is 0.00694. The second-order valence-electron chi connectivity index (χ2n) is 5.41. The number of carbonyl (C=O) groups excluding carboxylic acids is 2. The van der Waals surface area contributed by atoms with Gasteiger partial charge in [0.2, 0.25) is 5.54 Å². The summed E-state index contributed by atoms with van der Waals surface area (Å²) in [5, 5.41) is 0. The lowest BCUT2D eigenvalue weighted by molar-refractivity contribution is -0.170. The van der Waals surface area contributed by atoms with E-state index in [1.54, 1.807) is 18.7 Å². The molecule has 124 valence electrons. The predicted octanol–water partition coefficient (Wildman–Crippen LogP) is 2.31. The number of ether oxygens (including phenoxy) is 2. The minimum Gasteiger partial charge on any atom is -0.464 e. The molecule has 0 saturated carbocycles. The van der Waals surface area contributed by atoms with Gasteiger partial charge in [0.1, 0.15) is 0 Å². The Balaban J connectivity index is 2.39. The molecule has 5 heteroatoms. The zero-order valence-electron chi connectivity index (χ0n) is 13.7. The van der Waals surface area contributed by atoms with Crippen molar-refractivity contribution in [3.8, 4) is 0 Å². The zero-order valence-corrected chi connectivity index (χ0v) is 13.7. The molecule has 0 radical (unpaired) electrons. The van der Waals surface area contributed by atoms with Crippen molar-refractivity contribution in [2.45, 2.75) is 32.4 Å². The van der Waals surface area contributed by atoms with Crippen LogP contribution in [0.4, 0.5) is 0 Å². The molecule has 1 aromatic carbocycles. The van der Waals surface area contributed by atoms with Gasteiger partial charge in [-0.05, 0) is 31.4 Å². The van der Waals surface area contributed by atoms with E-state index in [2.05, 4.69) is 6.58 Å². The molecule has 0 spiro atoms. The monoisotopic (exact) mass is 317 g/mol. The molecular formula is C18H23NO4. The van der Waals surface area contributed by atoms with Gasteiger partial charge >= 0.3 is 11.9 Å². The average Bonchev–Trinajstić information content (AvgIpc) is 2.86. The average molecular weight is 317 g/mol. The lowest BCUT2D eigenvalue weighted by atomic mass is 9.91. The molecule has 0 bridgehead atoms. The molecule has 1 aliphatic rings. The van der Waals surface area contributed by atoms with Crippen molar-refractivity contribution in [2.75, 3.05) is 19.8 Å². The van der Waals surface area contributed by atoms with Gasteiger partial charge in [0, 0.05) is 13.1 Å². The van der Waals surface area contributed by atoms with Crippen LogP contribution in [0.2, 0.25) is 0 Å². The number of likely N-dealkylation sites (tertiary alicyclic amines) is 1. The summed E-state index contributed by atoms with van der Waals surface area (Å²) in [7, 11) is 0. The largest absolute Gasteiger partial charge is 0.464 e. The fraction of sp³-hybridized carbons (Fsp3) is 0.444. The molecule has 0 unspecified atom stereocenters. The first-order chi connectivity index (χ1) is 11.1. The van der Waals surface area contributed by atoms with Gasteiger partial charge in [0.05, 0.1) is 13.2 Å². The Morgan fingerprint density at radius 3 is 2.22 bits per heavy atom. The SMILES string of the molecule is C=C1CCN(Cc2ccccc2)C1(C(=O)OCC)C(=O)OCC. The van der Waals surface area contributed by atoms with Crippen molar-refractivity contribution in [1.29, 1.82) is 0 Å². The van der Waals surface area contributed by atoms with Crippen molar-refractivity contribution >= 4 is 11.9 Å². The first kappa shape index (κ1) is 17.2. The maximum Gasteiger partial charge on any atom is 0.342 e. The van der Waals surface area contributed by atoms with Crippen LogP contribution in [0.1, 0.15) is 25.8 Å². The summed E-state index contributed by atoms with van der Waals surface area (Å²) in [6.45, 7) is 8.82. The molecule has 0 aliphatic carbocycles. The third-order valence-corrected chi connectivity index (χ3v) is 4.03. The van der Waals surface area contributed by atoms with Crippen molar-refractivity contribution in [3.63, 3.8) is 0 Å². The Labute approximate surface area is 136 Å². The summed E-state index contributed by atoms with van der Waals surface area (Å²) in [6, 6.07) is 9.70. The molecule has 1 heterocycles. The highest BCUT2D eigenvalue weighted by atomic mass is 16.6. The number of hydrogen-bond acceptors (Lipinski definition) is 5. The first-order valence-corrected chi connectivity index (χ1v) is 7.89. The molecule has 1 saturated heterocycles. The summed E-state index contributed by atoms with van der Waals surface area (Å²) in [4.78, 5) is 27.1. The lowest BCUT2D eigenvalue weighted by Gasteiger charge is -2.34. The van der Waals surface area contributed by atoms with Gasteiger partial charge in [-0.1, -0.05) is 36.9 Å². The molecule has 0 amide bonds. The van der Waals surface area contributed by atoms with Crippen molar-refractivity contribution in [1.82, 2.24) is 4.90 Å². The Kier molecular flexibility index (Phi) is 5.55. The molecule has 23 heavy (non-hydrogen) atoms. The first-order valence-electron chi connectivity index (χ1n) is 7.89. The minimum absolute atomic E-state index is 0.201. The number of carbonyl (C=O) groups is 2. The second kappa shape index (κ2) is 7.42. The fourth-order valence-electron chi connectivity index (χ4n) is 2.94. The highest BCUT2D eigenvalue weighted by Gasteiger charge is 2.58. The maximum absolute atomic E-state index is 12.7. The van der Waals surface area contributed by atoms with E-state index in [-0.39, 0.29) is 13.2 Å². The molecule has 5 nitrogen and oxygen atoms in total. The van der Waals surface area contributed by atoms with E-state index in [9.17, 15) is 9.59 Å². The Morgan fingerprint density at radius 2 is 1.70 bits per heavy atom. The fourth-order valence-corrected chi connectivity index (χ4v) is 2.94. The summed E-state index contributed by atoms with van der Waals surface area (Å²) in [5.74, 6) is -1.20.